The van der Waals surface area contributed by atoms with Crippen molar-refractivity contribution >= 4 is 23.4 Å². The lowest BCUT2D eigenvalue weighted by Crippen LogP contribution is -2.31. The maximum Gasteiger partial charge on any atom is 0.253 e. The van der Waals surface area contributed by atoms with Gasteiger partial charge in [-0.2, -0.15) is 0 Å². The molecule has 0 saturated heterocycles. The Morgan fingerprint density at radius 3 is 2.48 bits per heavy atom. The van der Waals surface area contributed by atoms with Crippen LogP contribution in [0.3, 0.4) is 0 Å². The highest BCUT2D eigenvalue weighted by Crippen LogP contribution is 2.23. The van der Waals surface area contributed by atoms with Gasteiger partial charge < -0.3 is 10.2 Å². The van der Waals surface area contributed by atoms with Crippen molar-refractivity contribution in [1.29, 1.82) is 0 Å². The Kier molecular flexibility index (Phi) is 5.72. The van der Waals surface area contributed by atoms with E-state index in [9.17, 15) is 9.59 Å². The molecule has 1 aromatic rings. The topological polar surface area (TPSA) is 62.3 Å². The number of nitrogens with zero attached hydrogens (tertiary/aromatic N) is 2. The second-order valence-electron chi connectivity index (χ2n) is 5.96. The summed E-state index contributed by atoms with van der Waals surface area (Å²) >= 11 is 6.01. The van der Waals surface area contributed by atoms with Crippen LogP contribution in [0.5, 0.6) is 0 Å². The number of carbonyl (C=O) groups excluding carboxylic acids is 2. The van der Waals surface area contributed by atoms with Crippen molar-refractivity contribution in [3.63, 3.8) is 0 Å². The summed E-state index contributed by atoms with van der Waals surface area (Å²) in [5, 5.41) is 2.83. The molecule has 1 N–H and O–H groups in total. The van der Waals surface area contributed by atoms with Crippen molar-refractivity contribution in [2.45, 2.75) is 32.6 Å². The Labute approximate surface area is 130 Å². The summed E-state index contributed by atoms with van der Waals surface area (Å²) in [5.41, 5.74) is 1.05. The first-order valence-corrected chi connectivity index (χ1v) is 7.17. The largest absolute Gasteiger partial charge is 0.359 e. The van der Waals surface area contributed by atoms with Gasteiger partial charge in [0.25, 0.3) is 5.91 Å². The molecule has 1 rings (SSSR count). The number of halogens is 1. The average molecular weight is 312 g/mol. The summed E-state index contributed by atoms with van der Waals surface area (Å²) in [5.74, 6) is -0.272. The van der Waals surface area contributed by atoms with Crippen LogP contribution in [0, 0.1) is 0 Å². The number of pyridine rings is 1. The van der Waals surface area contributed by atoms with Crippen molar-refractivity contribution in [1.82, 2.24) is 15.2 Å². The Hall–Kier alpha value is -1.62. The van der Waals surface area contributed by atoms with Crippen molar-refractivity contribution < 1.29 is 9.59 Å². The fraction of sp³-hybridized carbons (Fsp3) is 0.533. The summed E-state index contributed by atoms with van der Waals surface area (Å²) < 4.78 is 0. The fourth-order valence-electron chi connectivity index (χ4n) is 1.72. The molecule has 0 aromatic carbocycles. The minimum absolute atomic E-state index is 0.0993. The predicted molar refractivity (Wildman–Crippen MR) is 83.6 cm³/mol. The summed E-state index contributed by atoms with van der Waals surface area (Å²) in [4.78, 5) is 29.4. The van der Waals surface area contributed by atoms with Gasteiger partial charge in [0.1, 0.15) is 5.15 Å². The van der Waals surface area contributed by atoms with Gasteiger partial charge in [-0.15, -0.1) is 0 Å². The monoisotopic (exact) mass is 311 g/mol. The van der Waals surface area contributed by atoms with Crippen molar-refractivity contribution in [3.05, 3.63) is 28.5 Å². The molecular weight excluding hydrogens is 290 g/mol. The van der Waals surface area contributed by atoms with Crippen molar-refractivity contribution in [3.8, 4) is 0 Å². The van der Waals surface area contributed by atoms with Crippen LogP contribution in [0.25, 0.3) is 0 Å². The third-order valence-electron chi connectivity index (χ3n) is 3.11. The van der Waals surface area contributed by atoms with Crippen LogP contribution in [0.4, 0.5) is 0 Å². The molecule has 0 unspecified atom stereocenters. The summed E-state index contributed by atoms with van der Waals surface area (Å²) in [6, 6.07) is 3.31. The van der Waals surface area contributed by atoms with Gasteiger partial charge >= 0.3 is 0 Å². The van der Waals surface area contributed by atoms with E-state index in [2.05, 4.69) is 10.3 Å². The lowest BCUT2D eigenvalue weighted by atomic mass is 9.91. The summed E-state index contributed by atoms with van der Waals surface area (Å²) in [7, 11) is 3.23. The zero-order valence-corrected chi connectivity index (χ0v) is 13.9. The Balaban J connectivity index is 2.92. The maximum absolute atomic E-state index is 12.4. The molecule has 0 atom stereocenters. The van der Waals surface area contributed by atoms with Crippen molar-refractivity contribution in [2.24, 2.45) is 0 Å². The second-order valence-corrected chi connectivity index (χ2v) is 6.35. The standard InChI is InChI=1S/C15H22ClN3O2/c1-15(2,3)11-8-10(9-12(16)18-11)14(21)19(5)7-6-13(20)17-4/h8-9H,6-7H2,1-5H3,(H,17,20). The van der Waals surface area contributed by atoms with Gasteiger partial charge in [-0.1, -0.05) is 32.4 Å². The molecule has 0 bridgehead atoms. The van der Waals surface area contributed by atoms with Crippen LogP contribution in [-0.2, 0) is 10.2 Å². The minimum Gasteiger partial charge on any atom is -0.359 e. The van der Waals surface area contributed by atoms with Crippen LogP contribution >= 0.6 is 11.6 Å². The highest BCUT2D eigenvalue weighted by Gasteiger charge is 2.20. The van der Waals surface area contributed by atoms with E-state index in [1.165, 1.54) is 4.90 Å². The van der Waals surface area contributed by atoms with Gasteiger partial charge in [-0.05, 0) is 12.1 Å². The zero-order chi connectivity index (χ0) is 16.2. The molecule has 1 aromatic heterocycles. The zero-order valence-electron chi connectivity index (χ0n) is 13.2. The number of hydrogen-bond donors (Lipinski definition) is 1. The van der Waals surface area contributed by atoms with Crippen LogP contribution in [0.2, 0.25) is 5.15 Å². The predicted octanol–water partition coefficient (Wildman–Crippen LogP) is 2.24. The highest BCUT2D eigenvalue weighted by molar-refractivity contribution is 6.29. The molecule has 2 amide bonds. The van der Waals surface area contributed by atoms with Gasteiger partial charge in [0.15, 0.2) is 0 Å². The molecule has 6 heteroatoms. The number of carbonyl (C=O) groups is 2. The molecule has 0 aliphatic carbocycles. The fourth-order valence-corrected chi connectivity index (χ4v) is 1.93. The van der Waals surface area contributed by atoms with Crippen LogP contribution in [0.15, 0.2) is 12.1 Å². The van der Waals surface area contributed by atoms with E-state index in [-0.39, 0.29) is 23.7 Å². The third kappa shape index (κ3) is 5.01. The smallest absolute Gasteiger partial charge is 0.253 e. The van der Waals surface area contributed by atoms with Gasteiger partial charge in [-0.3, -0.25) is 9.59 Å². The molecule has 1 heterocycles. The molecule has 21 heavy (non-hydrogen) atoms. The van der Waals surface area contributed by atoms with E-state index in [1.807, 2.05) is 20.8 Å². The molecular formula is C15H22ClN3O2. The van der Waals surface area contributed by atoms with E-state index in [4.69, 9.17) is 11.6 Å². The highest BCUT2D eigenvalue weighted by atomic mass is 35.5. The Bertz CT molecular complexity index is 538. The number of aromatic nitrogens is 1. The van der Waals surface area contributed by atoms with Gasteiger partial charge in [-0.25, -0.2) is 4.98 Å². The molecule has 5 nitrogen and oxygen atoms in total. The van der Waals surface area contributed by atoms with E-state index in [1.54, 1.807) is 26.2 Å². The van der Waals surface area contributed by atoms with Gasteiger partial charge in [0.05, 0.1) is 0 Å². The molecule has 0 fully saturated rings. The number of nitrogens with one attached hydrogen (secondary N) is 1. The number of hydrogen-bond acceptors (Lipinski definition) is 3. The van der Waals surface area contributed by atoms with E-state index in [0.29, 0.717) is 17.3 Å². The van der Waals surface area contributed by atoms with E-state index in [0.717, 1.165) is 5.69 Å². The SMILES string of the molecule is CNC(=O)CCN(C)C(=O)c1cc(Cl)nc(C(C)(C)C)c1. The lowest BCUT2D eigenvalue weighted by Gasteiger charge is -2.21. The van der Waals surface area contributed by atoms with E-state index >= 15 is 0 Å². The Morgan fingerprint density at radius 2 is 1.95 bits per heavy atom. The lowest BCUT2D eigenvalue weighted by molar-refractivity contribution is -0.120. The first-order valence-electron chi connectivity index (χ1n) is 6.79. The van der Waals surface area contributed by atoms with Crippen molar-refractivity contribution in [2.75, 3.05) is 20.6 Å². The second kappa shape index (κ2) is 6.89. The Morgan fingerprint density at radius 1 is 1.33 bits per heavy atom. The van der Waals surface area contributed by atoms with Crippen LogP contribution < -0.4 is 5.32 Å². The van der Waals surface area contributed by atoms with Gasteiger partial charge in [0.2, 0.25) is 5.91 Å². The molecule has 0 radical (unpaired) electrons. The molecule has 0 aliphatic heterocycles. The summed E-state index contributed by atoms with van der Waals surface area (Å²) in [6.45, 7) is 6.38. The average Bonchev–Trinajstić information content (AvgIpc) is 2.41. The van der Waals surface area contributed by atoms with Crippen LogP contribution in [0.1, 0.15) is 43.2 Å². The third-order valence-corrected chi connectivity index (χ3v) is 3.30. The summed E-state index contributed by atoms with van der Waals surface area (Å²) in [6.07, 6.45) is 0.268. The quantitative estimate of drug-likeness (QED) is 0.867. The number of rotatable bonds is 4. The van der Waals surface area contributed by atoms with E-state index < -0.39 is 0 Å². The maximum atomic E-state index is 12.4. The first kappa shape index (κ1) is 17.4. The molecule has 116 valence electrons. The molecule has 0 spiro atoms. The first-order chi connectivity index (χ1) is 9.65. The normalized spacial score (nSPS) is 11.1. The molecule has 0 saturated carbocycles. The molecule has 0 aliphatic rings. The van der Waals surface area contributed by atoms with Gasteiger partial charge in [0, 0.05) is 43.7 Å². The number of amides is 2. The minimum atomic E-state index is -0.194. The van der Waals surface area contributed by atoms with Crippen LogP contribution in [-0.4, -0.2) is 42.3 Å².